The van der Waals surface area contributed by atoms with Crippen LogP contribution < -0.4 is 5.32 Å². The number of amides is 2. The largest absolute Gasteiger partial charge is 0.339 e. The zero-order chi connectivity index (χ0) is 19.6. The zero-order valence-corrected chi connectivity index (χ0v) is 14.8. The van der Waals surface area contributed by atoms with Crippen LogP contribution in [0.1, 0.15) is 28.8 Å². The third-order valence-corrected chi connectivity index (χ3v) is 4.74. The van der Waals surface area contributed by atoms with Gasteiger partial charge in [0.05, 0.1) is 5.56 Å². The molecule has 1 fully saturated rings. The van der Waals surface area contributed by atoms with Crippen LogP contribution in [0.2, 0.25) is 0 Å². The summed E-state index contributed by atoms with van der Waals surface area (Å²) < 4.78 is 40.2. The van der Waals surface area contributed by atoms with Gasteiger partial charge in [-0.05, 0) is 44.0 Å². The molecule has 1 N–H and O–H groups in total. The first-order chi connectivity index (χ1) is 12.9. The number of rotatable bonds is 3. The predicted molar refractivity (Wildman–Crippen MR) is 94.8 cm³/mol. The highest BCUT2D eigenvalue weighted by atomic mass is 19.2. The van der Waals surface area contributed by atoms with E-state index in [0.29, 0.717) is 18.5 Å². The van der Waals surface area contributed by atoms with Gasteiger partial charge in [-0.15, -0.1) is 0 Å². The van der Waals surface area contributed by atoms with Crippen molar-refractivity contribution in [1.82, 2.24) is 4.90 Å². The van der Waals surface area contributed by atoms with Crippen LogP contribution in [-0.2, 0) is 4.79 Å². The third-order valence-electron chi connectivity index (χ3n) is 4.74. The molecule has 2 aromatic carbocycles. The van der Waals surface area contributed by atoms with Crippen LogP contribution in [0.25, 0.3) is 0 Å². The van der Waals surface area contributed by atoms with Gasteiger partial charge < -0.3 is 10.2 Å². The maximum atomic E-state index is 13.8. The van der Waals surface area contributed by atoms with Crippen LogP contribution in [0.3, 0.4) is 0 Å². The Balaban J connectivity index is 1.60. The van der Waals surface area contributed by atoms with Gasteiger partial charge in [-0.1, -0.05) is 17.7 Å². The van der Waals surface area contributed by atoms with Crippen molar-refractivity contribution in [2.45, 2.75) is 19.8 Å². The summed E-state index contributed by atoms with van der Waals surface area (Å²) in [6.45, 7) is 2.43. The Bertz CT molecular complexity index is 860. The van der Waals surface area contributed by atoms with Gasteiger partial charge in [-0.3, -0.25) is 9.59 Å². The standard InChI is InChI=1S/C20H19F3N2O2/c1-12-2-4-14(5-3-12)24-19(26)13-8-10-25(11-9-13)20(27)15-6-7-16(21)18(23)17(15)22/h2-7,13H,8-11H2,1H3,(H,24,26). The van der Waals surface area contributed by atoms with Crippen LogP contribution in [0.5, 0.6) is 0 Å². The number of benzene rings is 2. The lowest BCUT2D eigenvalue weighted by Crippen LogP contribution is -2.41. The molecule has 2 aromatic rings. The molecule has 142 valence electrons. The summed E-state index contributed by atoms with van der Waals surface area (Å²) in [5.74, 6) is -5.60. The molecule has 0 aliphatic carbocycles. The fourth-order valence-corrected chi connectivity index (χ4v) is 3.09. The topological polar surface area (TPSA) is 49.4 Å². The molecule has 1 aliphatic rings. The molecule has 0 spiro atoms. The molecular formula is C20H19F3N2O2. The number of hydrogen-bond acceptors (Lipinski definition) is 2. The number of likely N-dealkylation sites (tertiary alicyclic amines) is 1. The van der Waals surface area contributed by atoms with Crippen molar-refractivity contribution in [3.05, 3.63) is 65.0 Å². The van der Waals surface area contributed by atoms with E-state index in [1.807, 2.05) is 31.2 Å². The Hall–Kier alpha value is -2.83. The van der Waals surface area contributed by atoms with Crippen molar-refractivity contribution in [2.75, 3.05) is 18.4 Å². The number of piperidine rings is 1. The van der Waals surface area contributed by atoms with Gasteiger partial charge in [0.15, 0.2) is 17.5 Å². The third kappa shape index (κ3) is 4.13. The summed E-state index contributed by atoms with van der Waals surface area (Å²) in [6, 6.07) is 9.09. The lowest BCUT2D eigenvalue weighted by Gasteiger charge is -2.31. The molecule has 2 amide bonds. The van der Waals surface area contributed by atoms with E-state index in [1.54, 1.807) is 0 Å². The summed E-state index contributed by atoms with van der Waals surface area (Å²) >= 11 is 0. The summed E-state index contributed by atoms with van der Waals surface area (Å²) in [5.41, 5.74) is 1.29. The second-order valence-corrected chi connectivity index (χ2v) is 6.64. The Labute approximate surface area is 155 Å². The second-order valence-electron chi connectivity index (χ2n) is 6.64. The molecule has 0 saturated carbocycles. The van der Waals surface area contributed by atoms with Crippen LogP contribution in [0, 0.1) is 30.3 Å². The van der Waals surface area contributed by atoms with Crippen molar-refractivity contribution in [3.63, 3.8) is 0 Å². The summed E-state index contributed by atoms with van der Waals surface area (Å²) in [7, 11) is 0. The number of carbonyl (C=O) groups is 2. The minimum atomic E-state index is -1.66. The number of carbonyl (C=O) groups excluding carboxylic acids is 2. The Morgan fingerprint density at radius 2 is 1.59 bits per heavy atom. The summed E-state index contributed by atoms with van der Waals surface area (Å²) in [4.78, 5) is 26.1. The minimum Gasteiger partial charge on any atom is -0.339 e. The minimum absolute atomic E-state index is 0.134. The van der Waals surface area contributed by atoms with E-state index in [-0.39, 0.29) is 24.9 Å². The average molecular weight is 376 g/mol. The molecule has 0 aromatic heterocycles. The fraction of sp³-hybridized carbons (Fsp3) is 0.300. The van der Waals surface area contributed by atoms with Gasteiger partial charge in [0.1, 0.15) is 0 Å². The average Bonchev–Trinajstić information content (AvgIpc) is 2.67. The van der Waals surface area contributed by atoms with E-state index in [1.165, 1.54) is 4.90 Å². The van der Waals surface area contributed by atoms with Crippen molar-refractivity contribution >= 4 is 17.5 Å². The highest BCUT2D eigenvalue weighted by molar-refractivity contribution is 5.95. The van der Waals surface area contributed by atoms with E-state index >= 15 is 0 Å². The van der Waals surface area contributed by atoms with Gasteiger partial charge in [0.25, 0.3) is 5.91 Å². The predicted octanol–water partition coefficient (Wildman–Crippen LogP) is 3.90. The van der Waals surface area contributed by atoms with Gasteiger partial charge in [-0.2, -0.15) is 0 Å². The fourth-order valence-electron chi connectivity index (χ4n) is 3.09. The number of aryl methyl sites for hydroxylation is 1. The zero-order valence-electron chi connectivity index (χ0n) is 14.8. The molecule has 0 atom stereocenters. The first-order valence-corrected chi connectivity index (χ1v) is 8.67. The van der Waals surface area contributed by atoms with Crippen molar-refractivity contribution in [1.29, 1.82) is 0 Å². The monoisotopic (exact) mass is 376 g/mol. The molecule has 0 radical (unpaired) electrons. The number of halogens is 3. The molecule has 0 unspecified atom stereocenters. The van der Waals surface area contributed by atoms with Crippen molar-refractivity contribution in [2.24, 2.45) is 5.92 Å². The highest BCUT2D eigenvalue weighted by Crippen LogP contribution is 2.23. The lowest BCUT2D eigenvalue weighted by molar-refractivity contribution is -0.121. The van der Waals surface area contributed by atoms with E-state index < -0.39 is 28.9 Å². The Morgan fingerprint density at radius 1 is 0.963 bits per heavy atom. The van der Waals surface area contributed by atoms with E-state index in [9.17, 15) is 22.8 Å². The summed E-state index contributed by atoms with van der Waals surface area (Å²) in [5, 5.41) is 2.84. The molecule has 7 heteroatoms. The van der Waals surface area contributed by atoms with E-state index in [4.69, 9.17) is 0 Å². The number of nitrogens with zero attached hydrogens (tertiary/aromatic N) is 1. The van der Waals surface area contributed by atoms with Crippen molar-refractivity contribution < 1.29 is 22.8 Å². The Morgan fingerprint density at radius 3 is 2.22 bits per heavy atom. The molecule has 27 heavy (non-hydrogen) atoms. The smallest absolute Gasteiger partial charge is 0.256 e. The Kier molecular flexibility index (Phi) is 5.48. The first-order valence-electron chi connectivity index (χ1n) is 8.67. The molecule has 0 bridgehead atoms. The molecule has 1 aliphatic heterocycles. The first kappa shape index (κ1) is 18.9. The molecule has 1 heterocycles. The molecular weight excluding hydrogens is 357 g/mol. The van der Waals surface area contributed by atoms with Gasteiger partial charge in [0.2, 0.25) is 5.91 Å². The number of hydrogen-bond donors (Lipinski definition) is 1. The number of nitrogens with one attached hydrogen (secondary N) is 1. The highest BCUT2D eigenvalue weighted by Gasteiger charge is 2.30. The maximum absolute atomic E-state index is 13.8. The van der Waals surface area contributed by atoms with Gasteiger partial charge in [-0.25, -0.2) is 13.2 Å². The van der Waals surface area contributed by atoms with E-state index in [0.717, 1.165) is 17.7 Å². The van der Waals surface area contributed by atoms with Crippen LogP contribution in [0.4, 0.5) is 18.9 Å². The quantitative estimate of drug-likeness (QED) is 0.826. The molecule has 4 nitrogen and oxygen atoms in total. The second kappa shape index (κ2) is 7.82. The molecule has 1 saturated heterocycles. The molecule has 3 rings (SSSR count). The SMILES string of the molecule is Cc1ccc(NC(=O)C2CCN(C(=O)c3ccc(F)c(F)c3F)CC2)cc1. The van der Waals surface area contributed by atoms with Gasteiger partial charge in [0, 0.05) is 24.7 Å². The normalized spacial score (nSPS) is 14.9. The van der Waals surface area contributed by atoms with Gasteiger partial charge >= 0.3 is 0 Å². The van der Waals surface area contributed by atoms with E-state index in [2.05, 4.69) is 5.32 Å². The van der Waals surface area contributed by atoms with Crippen LogP contribution >= 0.6 is 0 Å². The van der Waals surface area contributed by atoms with Crippen molar-refractivity contribution in [3.8, 4) is 0 Å². The number of anilines is 1. The summed E-state index contributed by atoms with van der Waals surface area (Å²) in [6.07, 6.45) is 0.823. The maximum Gasteiger partial charge on any atom is 0.256 e. The van der Waals surface area contributed by atoms with Crippen LogP contribution in [0.15, 0.2) is 36.4 Å². The lowest BCUT2D eigenvalue weighted by atomic mass is 9.95. The van der Waals surface area contributed by atoms with Crippen LogP contribution in [-0.4, -0.2) is 29.8 Å².